The lowest BCUT2D eigenvalue weighted by molar-refractivity contribution is 0.0327. The van der Waals surface area contributed by atoms with Gasteiger partial charge >= 0.3 is 6.03 Å². The van der Waals surface area contributed by atoms with Crippen molar-refractivity contribution >= 4 is 6.03 Å². The monoisotopic (exact) mass is 258 g/mol. The molecule has 2 N–H and O–H groups in total. The van der Waals surface area contributed by atoms with Crippen LogP contribution in [0.15, 0.2) is 0 Å². The van der Waals surface area contributed by atoms with Gasteiger partial charge in [-0.15, -0.1) is 0 Å². The summed E-state index contributed by atoms with van der Waals surface area (Å²) in [6.45, 7) is 7.67. The molecule has 2 rings (SSSR count). The number of morpholine rings is 2. The van der Waals surface area contributed by atoms with Gasteiger partial charge in [0.05, 0.1) is 39.8 Å². The van der Waals surface area contributed by atoms with Crippen molar-refractivity contribution in [2.75, 3.05) is 65.9 Å². The quantitative estimate of drug-likeness (QED) is 0.667. The second kappa shape index (κ2) is 7.52. The minimum absolute atomic E-state index is 0.118. The van der Waals surface area contributed by atoms with Gasteiger partial charge in [-0.25, -0.2) is 4.79 Å². The molecule has 0 unspecified atom stereocenters. The van der Waals surface area contributed by atoms with Crippen molar-refractivity contribution in [1.82, 2.24) is 20.4 Å². The van der Waals surface area contributed by atoms with Gasteiger partial charge in [-0.1, -0.05) is 0 Å². The van der Waals surface area contributed by atoms with Gasteiger partial charge in [0, 0.05) is 26.2 Å². The summed E-state index contributed by atoms with van der Waals surface area (Å²) in [5.74, 6) is 0. The smallest absolute Gasteiger partial charge is 0.316 e. The predicted octanol–water partition coefficient (Wildman–Crippen LogP) is -1.13. The van der Waals surface area contributed by atoms with Crippen LogP contribution >= 0.6 is 0 Å². The SMILES string of the molecule is O=C(NCN1CCOCC1)NCN1CCOCC1. The van der Waals surface area contributed by atoms with Crippen LogP contribution in [0.2, 0.25) is 0 Å². The average Bonchev–Trinajstić information content (AvgIpc) is 2.45. The summed E-state index contributed by atoms with van der Waals surface area (Å²) in [5, 5.41) is 5.71. The van der Waals surface area contributed by atoms with Gasteiger partial charge in [0.25, 0.3) is 0 Å². The third-order valence-corrected chi connectivity index (χ3v) is 3.13. The lowest BCUT2D eigenvalue weighted by atomic mass is 10.4. The summed E-state index contributed by atoms with van der Waals surface area (Å²) >= 11 is 0. The molecule has 2 aliphatic rings. The number of amides is 2. The van der Waals surface area contributed by atoms with Gasteiger partial charge in [0.15, 0.2) is 0 Å². The Bertz CT molecular complexity index is 229. The summed E-state index contributed by atoms with van der Waals surface area (Å²) in [5.41, 5.74) is 0. The number of nitrogens with zero attached hydrogens (tertiary/aromatic N) is 2. The Hall–Kier alpha value is -0.890. The fourth-order valence-corrected chi connectivity index (χ4v) is 1.95. The Morgan fingerprint density at radius 1 is 0.833 bits per heavy atom. The largest absolute Gasteiger partial charge is 0.379 e. The van der Waals surface area contributed by atoms with E-state index in [0.29, 0.717) is 13.3 Å². The zero-order valence-electron chi connectivity index (χ0n) is 10.7. The molecule has 2 heterocycles. The first-order chi connectivity index (χ1) is 8.84. The van der Waals surface area contributed by atoms with E-state index in [0.717, 1.165) is 52.6 Å². The second-order valence-electron chi connectivity index (χ2n) is 4.46. The van der Waals surface area contributed by atoms with Crippen LogP contribution in [-0.4, -0.2) is 81.8 Å². The molecule has 0 saturated carbocycles. The molecular weight excluding hydrogens is 236 g/mol. The first kappa shape index (κ1) is 13.5. The maximum atomic E-state index is 11.6. The minimum Gasteiger partial charge on any atom is -0.379 e. The molecule has 0 spiro atoms. The molecule has 0 aromatic carbocycles. The van der Waals surface area contributed by atoms with Crippen LogP contribution in [-0.2, 0) is 9.47 Å². The van der Waals surface area contributed by atoms with E-state index in [1.807, 2.05) is 0 Å². The molecule has 18 heavy (non-hydrogen) atoms. The fourth-order valence-electron chi connectivity index (χ4n) is 1.95. The van der Waals surface area contributed by atoms with Crippen LogP contribution in [0, 0.1) is 0 Å². The molecule has 0 aliphatic carbocycles. The normalized spacial score (nSPS) is 22.7. The third kappa shape index (κ3) is 4.77. The molecule has 2 aliphatic heterocycles. The molecule has 0 radical (unpaired) electrons. The highest BCUT2D eigenvalue weighted by Crippen LogP contribution is 1.95. The van der Waals surface area contributed by atoms with Crippen LogP contribution < -0.4 is 10.6 Å². The van der Waals surface area contributed by atoms with Gasteiger partial charge in [-0.05, 0) is 0 Å². The van der Waals surface area contributed by atoms with E-state index in [-0.39, 0.29) is 6.03 Å². The Labute approximate surface area is 107 Å². The molecule has 2 fully saturated rings. The van der Waals surface area contributed by atoms with Crippen LogP contribution in [0.1, 0.15) is 0 Å². The molecular formula is C11H22N4O3. The van der Waals surface area contributed by atoms with Crippen LogP contribution in [0.3, 0.4) is 0 Å². The molecule has 0 atom stereocenters. The van der Waals surface area contributed by atoms with Gasteiger partial charge in [0.2, 0.25) is 0 Å². The summed E-state index contributed by atoms with van der Waals surface area (Å²) in [4.78, 5) is 15.9. The fraction of sp³-hybridized carbons (Fsp3) is 0.909. The Balaban J connectivity index is 1.54. The zero-order chi connectivity index (χ0) is 12.6. The molecule has 0 bridgehead atoms. The maximum Gasteiger partial charge on any atom is 0.316 e. The Morgan fingerprint density at radius 2 is 1.22 bits per heavy atom. The number of ether oxygens (including phenoxy) is 2. The first-order valence-electron chi connectivity index (χ1n) is 6.46. The molecule has 7 heteroatoms. The summed E-state index contributed by atoms with van der Waals surface area (Å²) in [7, 11) is 0. The van der Waals surface area contributed by atoms with Gasteiger partial charge in [-0.3, -0.25) is 9.80 Å². The number of nitrogens with one attached hydrogen (secondary N) is 2. The van der Waals surface area contributed by atoms with Crippen molar-refractivity contribution in [2.24, 2.45) is 0 Å². The van der Waals surface area contributed by atoms with Crippen LogP contribution in [0.25, 0.3) is 0 Å². The number of carbonyl (C=O) groups excluding carboxylic acids is 1. The summed E-state index contributed by atoms with van der Waals surface area (Å²) in [6, 6.07) is -0.118. The number of hydrogen-bond donors (Lipinski definition) is 2. The maximum absolute atomic E-state index is 11.6. The van der Waals surface area contributed by atoms with E-state index in [9.17, 15) is 4.79 Å². The minimum atomic E-state index is -0.118. The van der Waals surface area contributed by atoms with Crippen LogP contribution in [0.4, 0.5) is 4.79 Å². The van der Waals surface area contributed by atoms with E-state index in [2.05, 4.69) is 20.4 Å². The lowest BCUT2D eigenvalue weighted by Gasteiger charge is -2.28. The second-order valence-corrected chi connectivity index (χ2v) is 4.46. The number of urea groups is 1. The molecule has 2 saturated heterocycles. The topological polar surface area (TPSA) is 66.1 Å². The van der Waals surface area contributed by atoms with Gasteiger partial charge in [-0.2, -0.15) is 0 Å². The van der Waals surface area contributed by atoms with Crippen molar-refractivity contribution in [3.8, 4) is 0 Å². The number of carbonyl (C=O) groups is 1. The van der Waals surface area contributed by atoms with Crippen molar-refractivity contribution in [2.45, 2.75) is 0 Å². The molecule has 0 aromatic rings. The number of rotatable bonds is 4. The highest BCUT2D eigenvalue weighted by Gasteiger charge is 2.13. The molecule has 0 aromatic heterocycles. The van der Waals surface area contributed by atoms with E-state index in [1.165, 1.54) is 0 Å². The van der Waals surface area contributed by atoms with Crippen LogP contribution in [0.5, 0.6) is 0 Å². The highest BCUT2D eigenvalue weighted by atomic mass is 16.5. The van der Waals surface area contributed by atoms with Crippen molar-refractivity contribution in [3.63, 3.8) is 0 Å². The average molecular weight is 258 g/mol. The molecule has 104 valence electrons. The number of hydrogen-bond acceptors (Lipinski definition) is 5. The van der Waals surface area contributed by atoms with E-state index < -0.39 is 0 Å². The lowest BCUT2D eigenvalue weighted by Crippen LogP contribution is -2.50. The summed E-state index contributed by atoms with van der Waals surface area (Å²) < 4.78 is 10.5. The van der Waals surface area contributed by atoms with E-state index >= 15 is 0 Å². The van der Waals surface area contributed by atoms with E-state index in [4.69, 9.17) is 9.47 Å². The van der Waals surface area contributed by atoms with E-state index in [1.54, 1.807) is 0 Å². The first-order valence-corrected chi connectivity index (χ1v) is 6.46. The van der Waals surface area contributed by atoms with Gasteiger partial charge < -0.3 is 20.1 Å². The van der Waals surface area contributed by atoms with Gasteiger partial charge in [0.1, 0.15) is 0 Å². The Kier molecular flexibility index (Phi) is 5.66. The Morgan fingerprint density at radius 3 is 1.61 bits per heavy atom. The van der Waals surface area contributed by atoms with Crippen molar-refractivity contribution in [1.29, 1.82) is 0 Å². The standard InChI is InChI=1S/C11H22N4O3/c16-11(12-9-14-1-5-17-6-2-14)13-10-15-3-7-18-8-4-15/h1-10H2,(H2,12,13,16). The highest BCUT2D eigenvalue weighted by molar-refractivity contribution is 5.73. The molecule has 2 amide bonds. The summed E-state index contributed by atoms with van der Waals surface area (Å²) in [6.07, 6.45) is 0. The third-order valence-electron chi connectivity index (χ3n) is 3.13. The zero-order valence-corrected chi connectivity index (χ0v) is 10.7. The molecule has 7 nitrogen and oxygen atoms in total. The van der Waals surface area contributed by atoms with Crippen molar-refractivity contribution in [3.05, 3.63) is 0 Å². The predicted molar refractivity (Wildman–Crippen MR) is 66.2 cm³/mol. The van der Waals surface area contributed by atoms with Crippen molar-refractivity contribution < 1.29 is 14.3 Å².